The van der Waals surface area contributed by atoms with Crippen molar-refractivity contribution in [3.05, 3.63) is 23.4 Å². The summed E-state index contributed by atoms with van der Waals surface area (Å²) in [6, 6.07) is 4.93. The molecule has 0 aliphatic heterocycles. The van der Waals surface area contributed by atoms with Crippen molar-refractivity contribution in [3.63, 3.8) is 0 Å². The van der Waals surface area contributed by atoms with Crippen molar-refractivity contribution in [3.8, 4) is 0 Å². The minimum absolute atomic E-state index is 0.510. The Morgan fingerprint density at radius 1 is 1.29 bits per heavy atom. The molecule has 1 aromatic rings. The molecule has 2 rings (SSSR count). The number of nitrogens with zero attached hydrogens (tertiary/aromatic N) is 2. The Balaban J connectivity index is 2.14. The van der Waals surface area contributed by atoms with E-state index in [-0.39, 0.29) is 0 Å². The summed E-state index contributed by atoms with van der Waals surface area (Å²) in [6.45, 7) is 6.96. The molecule has 1 saturated carbocycles. The molecule has 0 aromatic carbocycles. The second kappa shape index (κ2) is 7.00. The van der Waals surface area contributed by atoms with Crippen LogP contribution in [0.25, 0.3) is 0 Å². The monoisotopic (exact) mass is 308 g/mol. The van der Waals surface area contributed by atoms with Crippen LogP contribution in [0.2, 0.25) is 0 Å². The van der Waals surface area contributed by atoms with Gasteiger partial charge in [0, 0.05) is 24.7 Å². The molecule has 3 heteroatoms. The molecule has 0 unspecified atom stereocenters. The number of aryl methyl sites for hydroxylation is 1. The number of hydrogen-bond donors (Lipinski definition) is 0. The van der Waals surface area contributed by atoms with Gasteiger partial charge in [0.2, 0.25) is 0 Å². The summed E-state index contributed by atoms with van der Waals surface area (Å²) in [6.07, 6.45) is 7.29. The molecule has 0 radical (unpaired) electrons. The van der Waals surface area contributed by atoms with Crippen LogP contribution in [0.5, 0.6) is 0 Å². The lowest BCUT2D eigenvalue weighted by atomic mass is 9.75. The van der Waals surface area contributed by atoms with E-state index < -0.39 is 0 Å². The fraction of sp³-hybridized carbons (Fsp3) is 0.722. The molecule has 118 valence electrons. The zero-order valence-electron chi connectivity index (χ0n) is 14.0. The van der Waals surface area contributed by atoms with Gasteiger partial charge in [-0.1, -0.05) is 27.2 Å². The molecule has 0 N–H and O–H groups in total. The summed E-state index contributed by atoms with van der Waals surface area (Å²) < 4.78 is 0. The molecule has 0 saturated heterocycles. The molecule has 1 aliphatic carbocycles. The highest BCUT2D eigenvalue weighted by molar-refractivity contribution is 6.17. The average Bonchev–Trinajstić information content (AvgIpc) is 2.46. The minimum Gasteiger partial charge on any atom is -0.357 e. The second-order valence-corrected chi connectivity index (χ2v) is 7.48. The smallest absolute Gasteiger partial charge is 0.129 e. The molecule has 21 heavy (non-hydrogen) atoms. The number of aromatic nitrogens is 1. The Bertz CT molecular complexity index is 460. The number of hydrogen-bond acceptors (Lipinski definition) is 2. The summed E-state index contributed by atoms with van der Waals surface area (Å²) in [5, 5.41) is 0. The van der Waals surface area contributed by atoms with Crippen LogP contribution in [0.3, 0.4) is 0 Å². The minimum atomic E-state index is 0.510. The topological polar surface area (TPSA) is 16.1 Å². The van der Waals surface area contributed by atoms with Gasteiger partial charge in [0.15, 0.2) is 0 Å². The predicted octanol–water partition coefficient (Wildman–Crippen LogP) is 5.18. The molecule has 0 atom stereocenters. The summed E-state index contributed by atoms with van der Waals surface area (Å²) in [4.78, 5) is 7.23. The van der Waals surface area contributed by atoms with Crippen LogP contribution in [0.15, 0.2) is 12.1 Å². The third-order valence-electron chi connectivity index (χ3n) is 4.80. The first-order valence-corrected chi connectivity index (χ1v) is 8.77. The fourth-order valence-electron chi connectivity index (χ4n) is 3.23. The maximum Gasteiger partial charge on any atom is 0.129 e. The van der Waals surface area contributed by atoms with E-state index in [1.54, 1.807) is 0 Å². The summed E-state index contributed by atoms with van der Waals surface area (Å²) in [7, 11) is 2.19. The summed E-state index contributed by atoms with van der Waals surface area (Å²) in [5.41, 5.74) is 2.87. The highest BCUT2D eigenvalue weighted by Crippen LogP contribution is 2.37. The maximum absolute atomic E-state index is 6.05. The van der Waals surface area contributed by atoms with E-state index in [0.717, 1.165) is 18.7 Å². The lowest BCUT2D eigenvalue weighted by molar-refractivity contribution is 0.222. The zero-order valence-corrected chi connectivity index (χ0v) is 14.7. The van der Waals surface area contributed by atoms with E-state index in [9.17, 15) is 0 Å². The van der Waals surface area contributed by atoms with Crippen LogP contribution in [-0.4, -0.2) is 18.1 Å². The largest absolute Gasteiger partial charge is 0.357 e. The third-order valence-corrected chi connectivity index (χ3v) is 5.11. The molecule has 2 nitrogen and oxygen atoms in total. The normalized spacial score (nSPS) is 18.7. The quantitative estimate of drug-likeness (QED) is 0.697. The molecule has 1 aromatic heterocycles. The highest BCUT2D eigenvalue weighted by Gasteiger charge is 2.29. The SMILES string of the molecule is CCCc1cc(CCl)cc(N(C)C2CCC(C)(C)CC2)n1. The Morgan fingerprint density at radius 2 is 1.95 bits per heavy atom. The van der Waals surface area contributed by atoms with Gasteiger partial charge in [-0.15, -0.1) is 11.6 Å². The van der Waals surface area contributed by atoms with Crippen molar-refractivity contribution in [2.75, 3.05) is 11.9 Å². The molecule has 0 amide bonds. The summed E-state index contributed by atoms with van der Waals surface area (Å²) in [5.74, 6) is 1.67. The molecular formula is C18H29ClN2. The number of alkyl halides is 1. The van der Waals surface area contributed by atoms with Crippen LogP contribution >= 0.6 is 11.6 Å². The van der Waals surface area contributed by atoms with Crippen molar-refractivity contribution in [1.82, 2.24) is 4.98 Å². The van der Waals surface area contributed by atoms with E-state index in [0.29, 0.717) is 17.3 Å². The van der Waals surface area contributed by atoms with Crippen LogP contribution < -0.4 is 4.90 Å². The Kier molecular flexibility index (Phi) is 5.54. The Hall–Kier alpha value is -0.760. The number of halogens is 1. The molecule has 0 spiro atoms. The number of anilines is 1. The highest BCUT2D eigenvalue weighted by atomic mass is 35.5. The molecule has 1 aliphatic rings. The van der Waals surface area contributed by atoms with Crippen molar-refractivity contribution in [1.29, 1.82) is 0 Å². The van der Waals surface area contributed by atoms with E-state index >= 15 is 0 Å². The van der Waals surface area contributed by atoms with Gasteiger partial charge < -0.3 is 4.90 Å². The standard InChI is InChI=1S/C18H29ClN2/c1-5-6-15-11-14(13-19)12-17(20-15)21(4)16-7-9-18(2,3)10-8-16/h11-12,16H,5-10,13H2,1-4H3. The summed E-state index contributed by atoms with van der Waals surface area (Å²) >= 11 is 6.05. The van der Waals surface area contributed by atoms with Gasteiger partial charge in [-0.05, 0) is 55.2 Å². The Morgan fingerprint density at radius 3 is 2.52 bits per heavy atom. The second-order valence-electron chi connectivity index (χ2n) is 7.21. The van der Waals surface area contributed by atoms with Gasteiger partial charge >= 0.3 is 0 Å². The van der Waals surface area contributed by atoms with Gasteiger partial charge in [0.1, 0.15) is 5.82 Å². The lowest BCUT2D eigenvalue weighted by Crippen LogP contribution is -2.37. The lowest BCUT2D eigenvalue weighted by Gasteiger charge is -2.39. The van der Waals surface area contributed by atoms with E-state index in [4.69, 9.17) is 16.6 Å². The van der Waals surface area contributed by atoms with Gasteiger partial charge in [0.25, 0.3) is 0 Å². The van der Waals surface area contributed by atoms with Crippen molar-refractivity contribution >= 4 is 17.4 Å². The van der Waals surface area contributed by atoms with Crippen LogP contribution in [-0.2, 0) is 12.3 Å². The van der Waals surface area contributed by atoms with Gasteiger partial charge in [-0.2, -0.15) is 0 Å². The first-order chi connectivity index (χ1) is 9.95. The third kappa shape index (κ3) is 4.35. The van der Waals surface area contributed by atoms with Gasteiger partial charge in [0.05, 0.1) is 0 Å². The number of rotatable bonds is 5. The molecule has 1 fully saturated rings. The molecule has 0 bridgehead atoms. The van der Waals surface area contributed by atoms with Crippen molar-refractivity contribution in [2.45, 2.75) is 71.2 Å². The predicted molar refractivity (Wildman–Crippen MR) is 92.2 cm³/mol. The van der Waals surface area contributed by atoms with Crippen LogP contribution in [0, 0.1) is 5.41 Å². The van der Waals surface area contributed by atoms with E-state index in [2.05, 4.69) is 44.9 Å². The molecule has 1 heterocycles. The first-order valence-electron chi connectivity index (χ1n) is 8.24. The van der Waals surface area contributed by atoms with Crippen molar-refractivity contribution in [2.24, 2.45) is 5.41 Å². The van der Waals surface area contributed by atoms with Crippen LogP contribution in [0.1, 0.15) is 64.1 Å². The van der Waals surface area contributed by atoms with Gasteiger partial charge in [-0.25, -0.2) is 4.98 Å². The van der Waals surface area contributed by atoms with E-state index in [1.165, 1.54) is 36.9 Å². The zero-order chi connectivity index (χ0) is 15.5. The first kappa shape index (κ1) is 16.6. The van der Waals surface area contributed by atoms with Crippen LogP contribution in [0.4, 0.5) is 5.82 Å². The van der Waals surface area contributed by atoms with Gasteiger partial charge in [-0.3, -0.25) is 0 Å². The Labute approximate surface area is 134 Å². The van der Waals surface area contributed by atoms with E-state index in [1.807, 2.05) is 0 Å². The maximum atomic E-state index is 6.05. The van der Waals surface area contributed by atoms with Crippen molar-refractivity contribution < 1.29 is 0 Å². The average molecular weight is 309 g/mol. The number of pyridine rings is 1. The molecular weight excluding hydrogens is 280 g/mol. The fourth-order valence-corrected chi connectivity index (χ4v) is 3.39.